The largest absolute Gasteiger partial charge is 0.478 e. The summed E-state index contributed by atoms with van der Waals surface area (Å²) in [6, 6.07) is 9.80. The molecule has 0 bridgehead atoms. The summed E-state index contributed by atoms with van der Waals surface area (Å²) in [7, 11) is 0. The molecule has 130 valence electrons. The highest BCUT2D eigenvalue weighted by Gasteiger charge is 2.15. The Bertz CT molecular complexity index is 698. The minimum atomic E-state index is -0.468. The molecule has 2 aromatic rings. The number of halogens is 1. The first-order valence-corrected chi connectivity index (χ1v) is 8.79. The van der Waals surface area contributed by atoms with Gasteiger partial charge >= 0.3 is 6.09 Å². The van der Waals surface area contributed by atoms with Crippen LogP contribution < -0.4 is 10.1 Å². The Morgan fingerprint density at radius 3 is 2.75 bits per heavy atom. The molecule has 0 atom stereocenters. The van der Waals surface area contributed by atoms with Crippen LogP contribution in [0.15, 0.2) is 34.8 Å². The Balaban J connectivity index is 1.67. The number of hydrogen-bond donors (Lipinski definition) is 1. The fraction of sp³-hybridized carbons (Fsp3) is 0.444. The fourth-order valence-electron chi connectivity index (χ4n) is 2.07. The van der Waals surface area contributed by atoms with E-state index in [4.69, 9.17) is 9.47 Å². The van der Waals surface area contributed by atoms with E-state index in [2.05, 4.69) is 26.2 Å². The van der Waals surface area contributed by atoms with E-state index in [1.807, 2.05) is 51.1 Å². The molecule has 0 saturated carbocycles. The Morgan fingerprint density at radius 2 is 2.00 bits per heavy atom. The summed E-state index contributed by atoms with van der Waals surface area (Å²) in [5.74, 6) is 0.616. The second-order valence-electron chi connectivity index (χ2n) is 6.47. The van der Waals surface area contributed by atoms with Crippen LogP contribution in [0.5, 0.6) is 5.88 Å². The van der Waals surface area contributed by atoms with E-state index in [0.29, 0.717) is 19.0 Å². The van der Waals surface area contributed by atoms with Gasteiger partial charge < -0.3 is 14.8 Å². The van der Waals surface area contributed by atoms with Crippen LogP contribution in [0.3, 0.4) is 0 Å². The van der Waals surface area contributed by atoms with Crippen LogP contribution in [-0.4, -0.2) is 29.8 Å². The lowest BCUT2D eigenvalue weighted by molar-refractivity contribution is 0.0526. The predicted octanol–water partition coefficient (Wildman–Crippen LogP) is 4.68. The molecular formula is C18H23BrN2O3. The number of alkyl carbamates (subject to hydrolysis) is 1. The Hall–Kier alpha value is -1.82. The molecule has 0 saturated heterocycles. The van der Waals surface area contributed by atoms with Crippen LogP contribution in [0, 0.1) is 0 Å². The molecule has 1 amide bonds. The van der Waals surface area contributed by atoms with Crippen molar-refractivity contribution in [2.45, 2.75) is 39.2 Å². The summed E-state index contributed by atoms with van der Waals surface area (Å²) < 4.78 is 11.9. The van der Waals surface area contributed by atoms with Gasteiger partial charge in [0, 0.05) is 22.5 Å². The molecule has 0 aliphatic heterocycles. The van der Waals surface area contributed by atoms with Gasteiger partial charge in [-0.1, -0.05) is 15.9 Å². The molecule has 0 radical (unpaired) electrons. The summed E-state index contributed by atoms with van der Waals surface area (Å²) in [6.45, 7) is 6.66. The predicted molar refractivity (Wildman–Crippen MR) is 98.4 cm³/mol. The average Bonchev–Trinajstić information content (AvgIpc) is 2.49. The molecule has 0 spiro atoms. The number of carbonyl (C=O) groups is 1. The zero-order valence-electron chi connectivity index (χ0n) is 14.3. The molecule has 5 nitrogen and oxygen atoms in total. The third-order valence-corrected chi connectivity index (χ3v) is 3.61. The van der Waals surface area contributed by atoms with Gasteiger partial charge in [0.05, 0.1) is 12.1 Å². The van der Waals surface area contributed by atoms with Gasteiger partial charge in [0.2, 0.25) is 5.88 Å². The van der Waals surface area contributed by atoms with Crippen molar-refractivity contribution in [2.75, 3.05) is 13.2 Å². The van der Waals surface area contributed by atoms with Crippen LogP contribution in [0.1, 0.15) is 33.6 Å². The normalized spacial score (nSPS) is 11.3. The SMILES string of the molecule is CC(C)(C)OC(=O)NCCCCOc1ccc2cc(Br)ccc2n1. The van der Waals surface area contributed by atoms with Crippen LogP contribution in [0.4, 0.5) is 4.79 Å². The topological polar surface area (TPSA) is 60.5 Å². The molecule has 24 heavy (non-hydrogen) atoms. The van der Waals surface area contributed by atoms with E-state index in [1.165, 1.54) is 0 Å². The lowest BCUT2D eigenvalue weighted by atomic mass is 10.2. The number of ether oxygens (including phenoxy) is 2. The molecule has 0 fully saturated rings. The van der Waals surface area contributed by atoms with Crippen molar-refractivity contribution in [3.05, 3.63) is 34.8 Å². The van der Waals surface area contributed by atoms with E-state index >= 15 is 0 Å². The van der Waals surface area contributed by atoms with Gasteiger partial charge in [-0.2, -0.15) is 0 Å². The number of nitrogens with one attached hydrogen (secondary N) is 1. The fourth-order valence-corrected chi connectivity index (χ4v) is 2.45. The number of unbranched alkanes of at least 4 members (excludes halogenated alkanes) is 1. The Morgan fingerprint density at radius 1 is 1.21 bits per heavy atom. The highest BCUT2D eigenvalue weighted by Crippen LogP contribution is 2.21. The van der Waals surface area contributed by atoms with Crippen LogP contribution in [0.2, 0.25) is 0 Å². The van der Waals surface area contributed by atoms with Crippen molar-refractivity contribution < 1.29 is 14.3 Å². The van der Waals surface area contributed by atoms with Gasteiger partial charge in [-0.25, -0.2) is 9.78 Å². The number of fused-ring (bicyclic) bond motifs is 1. The van der Waals surface area contributed by atoms with Crippen molar-refractivity contribution in [3.8, 4) is 5.88 Å². The monoisotopic (exact) mass is 394 g/mol. The van der Waals surface area contributed by atoms with Crippen LogP contribution in [-0.2, 0) is 4.74 Å². The molecular weight excluding hydrogens is 372 g/mol. The summed E-state index contributed by atoms with van der Waals surface area (Å²) in [6.07, 6.45) is 1.26. The smallest absolute Gasteiger partial charge is 0.407 e. The van der Waals surface area contributed by atoms with E-state index in [9.17, 15) is 4.79 Å². The maximum atomic E-state index is 11.5. The highest BCUT2D eigenvalue weighted by molar-refractivity contribution is 9.10. The highest BCUT2D eigenvalue weighted by atomic mass is 79.9. The zero-order chi connectivity index (χ0) is 17.6. The van der Waals surface area contributed by atoms with Crippen molar-refractivity contribution in [3.63, 3.8) is 0 Å². The van der Waals surface area contributed by atoms with Crippen LogP contribution >= 0.6 is 15.9 Å². The number of benzene rings is 1. The quantitative estimate of drug-likeness (QED) is 0.722. The van der Waals surface area contributed by atoms with Gasteiger partial charge in [0.25, 0.3) is 0 Å². The minimum absolute atomic E-state index is 0.384. The molecule has 1 aromatic carbocycles. The first-order valence-electron chi connectivity index (χ1n) is 7.99. The number of nitrogens with zero attached hydrogens (tertiary/aromatic N) is 1. The Kier molecular flexibility index (Phi) is 6.43. The number of hydrogen-bond acceptors (Lipinski definition) is 4. The summed E-state index contributed by atoms with van der Waals surface area (Å²) >= 11 is 3.45. The number of aromatic nitrogens is 1. The second-order valence-corrected chi connectivity index (χ2v) is 7.39. The molecule has 1 heterocycles. The summed E-state index contributed by atoms with van der Waals surface area (Å²) in [5.41, 5.74) is 0.437. The first-order chi connectivity index (χ1) is 11.3. The minimum Gasteiger partial charge on any atom is -0.478 e. The molecule has 6 heteroatoms. The second kappa shape index (κ2) is 8.33. The number of amides is 1. The molecule has 1 N–H and O–H groups in total. The molecule has 0 unspecified atom stereocenters. The third kappa shape index (κ3) is 6.35. The van der Waals surface area contributed by atoms with Gasteiger partial charge in [0.15, 0.2) is 0 Å². The number of carbonyl (C=O) groups excluding carboxylic acids is 1. The van der Waals surface area contributed by atoms with Gasteiger partial charge in [-0.3, -0.25) is 0 Å². The third-order valence-electron chi connectivity index (χ3n) is 3.11. The van der Waals surface area contributed by atoms with Crippen molar-refractivity contribution in [2.24, 2.45) is 0 Å². The van der Waals surface area contributed by atoms with Crippen LogP contribution in [0.25, 0.3) is 10.9 Å². The van der Waals surface area contributed by atoms with E-state index in [0.717, 1.165) is 28.2 Å². The maximum Gasteiger partial charge on any atom is 0.407 e. The van der Waals surface area contributed by atoms with E-state index in [-0.39, 0.29) is 6.09 Å². The number of pyridine rings is 1. The molecule has 0 aliphatic rings. The maximum absolute atomic E-state index is 11.5. The lowest BCUT2D eigenvalue weighted by Crippen LogP contribution is -2.33. The summed E-state index contributed by atoms with van der Waals surface area (Å²) in [5, 5.41) is 3.80. The Labute approximate surface area is 150 Å². The summed E-state index contributed by atoms with van der Waals surface area (Å²) in [4.78, 5) is 16.0. The standard InChI is InChI=1S/C18H23BrN2O3/c1-18(2,3)24-17(22)20-10-4-5-11-23-16-9-6-13-12-14(19)7-8-15(13)21-16/h6-9,12H,4-5,10-11H2,1-3H3,(H,20,22). The van der Waals surface area contributed by atoms with E-state index < -0.39 is 5.60 Å². The van der Waals surface area contributed by atoms with Gasteiger partial charge in [-0.15, -0.1) is 0 Å². The average molecular weight is 395 g/mol. The van der Waals surface area contributed by atoms with E-state index in [1.54, 1.807) is 0 Å². The van der Waals surface area contributed by atoms with Gasteiger partial charge in [-0.05, 0) is 57.9 Å². The molecule has 2 rings (SSSR count). The van der Waals surface area contributed by atoms with Gasteiger partial charge in [0.1, 0.15) is 5.60 Å². The lowest BCUT2D eigenvalue weighted by Gasteiger charge is -2.19. The van der Waals surface area contributed by atoms with Crippen molar-refractivity contribution in [1.82, 2.24) is 10.3 Å². The van der Waals surface area contributed by atoms with Crippen molar-refractivity contribution in [1.29, 1.82) is 0 Å². The molecule has 1 aromatic heterocycles. The number of rotatable bonds is 6. The zero-order valence-corrected chi connectivity index (χ0v) is 15.9. The first kappa shape index (κ1) is 18.5. The molecule has 0 aliphatic carbocycles. The van der Waals surface area contributed by atoms with Crippen molar-refractivity contribution >= 4 is 32.9 Å².